The molecule has 0 saturated carbocycles. The Morgan fingerprint density at radius 2 is 2.60 bits per heavy atom. The third-order valence-electron chi connectivity index (χ3n) is 2.65. The van der Waals surface area contributed by atoms with Gasteiger partial charge in [-0.3, -0.25) is 0 Å². The number of ether oxygens (including phenoxy) is 1. The van der Waals surface area contributed by atoms with Crippen molar-refractivity contribution in [3.05, 3.63) is 11.1 Å². The summed E-state index contributed by atoms with van der Waals surface area (Å²) in [5, 5.41) is 6.35. The van der Waals surface area contributed by atoms with E-state index in [1.54, 1.807) is 18.4 Å². The van der Waals surface area contributed by atoms with Gasteiger partial charge in [0.05, 0.1) is 11.8 Å². The first-order valence-electron chi connectivity index (χ1n) is 5.20. The lowest BCUT2D eigenvalue weighted by Gasteiger charge is -2.13. The molecular weight excluding hydrogens is 210 g/mol. The number of anilines is 1. The minimum absolute atomic E-state index is 0.377. The molecule has 2 heterocycles. The molecule has 0 radical (unpaired) electrons. The van der Waals surface area contributed by atoms with E-state index in [4.69, 9.17) is 4.74 Å². The maximum absolute atomic E-state index is 5.34. The molecule has 4 nitrogen and oxygen atoms in total. The van der Waals surface area contributed by atoms with Gasteiger partial charge in [0.15, 0.2) is 5.13 Å². The van der Waals surface area contributed by atoms with Crippen molar-refractivity contribution in [1.29, 1.82) is 0 Å². The number of rotatable bonds is 4. The van der Waals surface area contributed by atoms with Gasteiger partial charge in [-0.1, -0.05) is 0 Å². The van der Waals surface area contributed by atoms with Crippen LogP contribution in [0.1, 0.15) is 12.1 Å². The van der Waals surface area contributed by atoms with Crippen LogP contribution in [0, 0.1) is 0 Å². The Morgan fingerprint density at radius 1 is 1.73 bits per heavy atom. The molecule has 5 heteroatoms. The SMILES string of the molecule is CNCc1csc(N2CCC(OC)C2)n1. The van der Waals surface area contributed by atoms with Gasteiger partial charge in [0.1, 0.15) is 0 Å². The fraction of sp³-hybridized carbons (Fsp3) is 0.700. The monoisotopic (exact) mass is 227 g/mol. The third kappa shape index (κ3) is 2.48. The van der Waals surface area contributed by atoms with Crippen LogP contribution in [0.4, 0.5) is 5.13 Å². The highest BCUT2D eigenvalue weighted by Crippen LogP contribution is 2.25. The predicted octanol–water partition coefficient (Wildman–Crippen LogP) is 1.09. The smallest absolute Gasteiger partial charge is 0.185 e. The van der Waals surface area contributed by atoms with Crippen LogP contribution in [0.3, 0.4) is 0 Å². The Morgan fingerprint density at radius 3 is 3.27 bits per heavy atom. The van der Waals surface area contributed by atoms with E-state index in [1.165, 1.54) is 0 Å². The number of aromatic nitrogens is 1. The highest BCUT2D eigenvalue weighted by atomic mass is 32.1. The lowest BCUT2D eigenvalue weighted by Crippen LogP contribution is -2.22. The fourth-order valence-corrected chi connectivity index (χ4v) is 2.66. The largest absolute Gasteiger partial charge is 0.380 e. The first-order chi connectivity index (χ1) is 7.33. The molecular formula is C10H17N3OS. The van der Waals surface area contributed by atoms with E-state index in [-0.39, 0.29) is 0 Å². The molecule has 0 aromatic carbocycles. The highest BCUT2D eigenvalue weighted by molar-refractivity contribution is 7.13. The van der Waals surface area contributed by atoms with Gasteiger partial charge in [-0.25, -0.2) is 4.98 Å². The summed E-state index contributed by atoms with van der Waals surface area (Å²) in [6, 6.07) is 0. The quantitative estimate of drug-likeness (QED) is 0.835. The molecule has 1 aromatic rings. The number of methoxy groups -OCH3 is 1. The molecule has 1 aliphatic rings. The van der Waals surface area contributed by atoms with Crippen LogP contribution >= 0.6 is 11.3 Å². The van der Waals surface area contributed by atoms with Crippen molar-refractivity contribution in [3.8, 4) is 0 Å². The molecule has 1 aliphatic heterocycles. The fourth-order valence-electron chi connectivity index (χ4n) is 1.80. The topological polar surface area (TPSA) is 37.4 Å². The Kier molecular flexibility index (Phi) is 3.56. The van der Waals surface area contributed by atoms with Gasteiger partial charge in [0, 0.05) is 32.1 Å². The van der Waals surface area contributed by atoms with Gasteiger partial charge in [-0.15, -0.1) is 11.3 Å². The number of nitrogens with one attached hydrogen (secondary N) is 1. The van der Waals surface area contributed by atoms with E-state index in [0.29, 0.717) is 6.10 Å². The second-order valence-electron chi connectivity index (χ2n) is 3.74. The van der Waals surface area contributed by atoms with E-state index >= 15 is 0 Å². The minimum atomic E-state index is 0.377. The summed E-state index contributed by atoms with van der Waals surface area (Å²) >= 11 is 1.72. The van der Waals surface area contributed by atoms with E-state index < -0.39 is 0 Å². The molecule has 1 saturated heterocycles. The second kappa shape index (κ2) is 4.92. The zero-order valence-electron chi connectivity index (χ0n) is 9.19. The lowest BCUT2D eigenvalue weighted by molar-refractivity contribution is 0.121. The third-order valence-corrected chi connectivity index (χ3v) is 3.60. The summed E-state index contributed by atoms with van der Waals surface area (Å²) in [6.45, 7) is 2.88. The van der Waals surface area contributed by atoms with Crippen molar-refractivity contribution < 1.29 is 4.74 Å². The summed E-state index contributed by atoms with van der Waals surface area (Å²) in [7, 11) is 3.72. The van der Waals surface area contributed by atoms with E-state index in [0.717, 1.165) is 36.9 Å². The van der Waals surface area contributed by atoms with Crippen molar-refractivity contribution in [1.82, 2.24) is 10.3 Å². The summed E-state index contributed by atoms with van der Waals surface area (Å²) < 4.78 is 5.34. The van der Waals surface area contributed by atoms with Crippen LogP contribution in [0.2, 0.25) is 0 Å². The van der Waals surface area contributed by atoms with Crippen LogP contribution in [0.5, 0.6) is 0 Å². The second-order valence-corrected chi connectivity index (χ2v) is 4.58. The van der Waals surface area contributed by atoms with Crippen LogP contribution in [-0.4, -0.2) is 38.3 Å². The Hall–Kier alpha value is -0.650. The zero-order valence-corrected chi connectivity index (χ0v) is 10.0. The Balaban J connectivity index is 1.97. The van der Waals surface area contributed by atoms with E-state index in [9.17, 15) is 0 Å². The number of hydrogen-bond donors (Lipinski definition) is 1. The average Bonchev–Trinajstić information content (AvgIpc) is 2.85. The van der Waals surface area contributed by atoms with Gasteiger partial charge in [0.25, 0.3) is 0 Å². The van der Waals surface area contributed by atoms with Crippen LogP contribution in [0.15, 0.2) is 5.38 Å². The van der Waals surface area contributed by atoms with Crippen LogP contribution in [-0.2, 0) is 11.3 Å². The summed E-state index contributed by atoms with van der Waals surface area (Å²) in [6.07, 6.45) is 1.49. The molecule has 0 amide bonds. The molecule has 0 spiro atoms. The summed E-state index contributed by atoms with van der Waals surface area (Å²) in [5.41, 5.74) is 1.12. The molecule has 15 heavy (non-hydrogen) atoms. The number of thiazole rings is 1. The summed E-state index contributed by atoms with van der Waals surface area (Å²) in [5.74, 6) is 0. The van der Waals surface area contributed by atoms with Crippen molar-refractivity contribution in [2.75, 3.05) is 32.1 Å². The van der Waals surface area contributed by atoms with Crippen LogP contribution in [0.25, 0.3) is 0 Å². The highest BCUT2D eigenvalue weighted by Gasteiger charge is 2.23. The molecule has 1 aromatic heterocycles. The van der Waals surface area contributed by atoms with E-state index in [2.05, 4.69) is 20.6 Å². The molecule has 1 atom stereocenters. The van der Waals surface area contributed by atoms with Gasteiger partial charge in [-0.05, 0) is 13.5 Å². The minimum Gasteiger partial charge on any atom is -0.380 e. The molecule has 0 bridgehead atoms. The van der Waals surface area contributed by atoms with Crippen LogP contribution < -0.4 is 10.2 Å². The predicted molar refractivity (Wildman–Crippen MR) is 62.5 cm³/mol. The van der Waals surface area contributed by atoms with Crippen molar-refractivity contribution >= 4 is 16.5 Å². The summed E-state index contributed by atoms with van der Waals surface area (Å²) in [4.78, 5) is 6.88. The van der Waals surface area contributed by atoms with Crippen molar-refractivity contribution in [3.63, 3.8) is 0 Å². The zero-order chi connectivity index (χ0) is 10.7. The van der Waals surface area contributed by atoms with Crippen molar-refractivity contribution in [2.24, 2.45) is 0 Å². The Bertz CT molecular complexity index is 315. The first kappa shape index (κ1) is 10.9. The lowest BCUT2D eigenvalue weighted by atomic mass is 10.3. The molecule has 1 N–H and O–H groups in total. The maximum Gasteiger partial charge on any atom is 0.185 e. The standard InChI is InChI=1S/C10H17N3OS/c1-11-5-8-7-15-10(12-8)13-4-3-9(6-13)14-2/h7,9,11H,3-6H2,1-2H3. The molecule has 1 unspecified atom stereocenters. The van der Waals surface area contributed by atoms with E-state index in [1.807, 2.05) is 7.05 Å². The maximum atomic E-state index is 5.34. The number of nitrogens with zero attached hydrogens (tertiary/aromatic N) is 2. The van der Waals surface area contributed by atoms with Gasteiger partial charge in [0.2, 0.25) is 0 Å². The Labute approximate surface area is 94.3 Å². The van der Waals surface area contributed by atoms with Gasteiger partial charge >= 0.3 is 0 Å². The molecule has 0 aliphatic carbocycles. The molecule has 1 fully saturated rings. The van der Waals surface area contributed by atoms with Gasteiger partial charge in [-0.2, -0.15) is 0 Å². The molecule has 84 valence electrons. The number of hydrogen-bond acceptors (Lipinski definition) is 5. The van der Waals surface area contributed by atoms with Gasteiger partial charge < -0.3 is 15.0 Å². The van der Waals surface area contributed by atoms with Crippen molar-refractivity contribution in [2.45, 2.75) is 19.1 Å². The first-order valence-corrected chi connectivity index (χ1v) is 6.08. The average molecular weight is 227 g/mol. The molecule has 2 rings (SSSR count). The normalized spacial score (nSPS) is 21.2.